The highest BCUT2D eigenvalue weighted by Crippen LogP contribution is 2.18. The van der Waals surface area contributed by atoms with E-state index in [1.165, 1.54) is 47.4 Å². The van der Waals surface area contributed by atoms with E-state index in [0.717, 1.165) is 11.6 Å². The number of nitrogens with zero attached hydrogens (tertiary/aromatic N) is 1. The van der Waals surface area contributed by atoms with Gasteiger partial charge in [-0.1, -0.05) is 23.8 Å². The Hall–Kier alpha value is -3.54. The summed E-state index contributed by atoms with van der Waals surface area (Å²) in [6.07, 6.45) is 0. The molecule has 0 aromatic heterocycles. The van der Waals surface area contributed by atoms with Gasteiger partial charge in [-0.05, 0) is 61.5 Å². The molecule has 0 saturated heterocycles. The number of carbonyl (C=O) groups is 2. The number of rotatable bonds is 6. The predicted molar refractivity (Wildman–Crippen MR) is 108 cm³/mol. The second-order valence-electron chi connectivity index (χ2n) is 6.57. The molecule has 29 heavy (non-hydrogen) atoms. The Morgan fingerprint density at radius 3 is 2.21 bits per heavy atom. The maximum absolute atomic E-state index is 13.3. The first kappa shape index (κ1) is 20.2. The number of carbonyl (C=O) groups excluding carboxylic acids is 2. The van der Waals surface area contributed by atoms with Crippen LogP contribution in [0.5, 0.6) is 0 Å². The van der Waals surface area contributed by atoms with Crippen LogP contribution in [0, 0.1) is 18.6 Å². The molecule has 0 aliphatic rings. The number of nitrogens with one attached hydrogen (secondary N) is 1. The fraction of sp³-hybridized carbons (Fsp3) is 0.130. The second kappa shape index (κ2) is 9.10. The van der Waals surface area contributed by atoms with Crippen molar-refractivity contribution in [2.75, 3.05) is 18.0 Å². The third-order valence-electron chi connectivity index (χ3n) is 4.39. The van der Waals surface area contributed by atoms with E-state index in [1.54, 1.807) is 12.1 Å². The number of benzene rings is 3. The summed E-state index contributed by atoms with van der Waals surface area (Å²) >= 11 is 0. The lowest BCUT2D eigenvalue weighted by molar-refractivity contribution is 0.0943. The third-order valence-corrected chi connectivity index (χ3v) is 4.39. The van der Waals surface area contributed by atoms with Crippen molar-refractivity contribution in [1.29, 1.82) is 0 Å². The maximum atomic E-state index is 13.3. The molecular weight excluding hydrogens is 374 g/mol. The van der Waals surface area contributed by atoms with Gasteiger partial charge in [-0.3, -0.25) is 9.59 Å². The summed E-state index contributed by atoms with van der Waals surface area (Å²) in [5.74, 6) is -1.61. The van der Waals surface area contributed by atoms with Crippen LogP contribution in [0.3, 0.4) is 0 Å². The summed E-state index contributed by atoms with van der Waals surface area (Å²) in [6, 6.07) is 18.0. The van der Waals surface area contributed by atoms with Crippen LogP contribution < -0.4 is 10.2 Å². The second-order valence-corrected chi connectivity index (χ2v) is 6.57. The molecule has 3 aromatic rings. The molecule has 3 aromatic carbocycles. The van der Waals surface area contributed by atoms with Crippen LogP contribution >= 0.6 is 0 Å². The highest BCUT2D eigenvalue weighted by atomic mass is 19.1. The van der Waals surface area contributed by atoms with Crippen molar-refractivity contribution in [2.45, 2.75) is 6.92 Å². The van der Waals surface area contributed by atoms with Gasteiger partial charge in [-0.25, -0.2) is 8.78 Å². The van der Waals surface area contributed by atoms with Gasteiger partial charge < -0.3 is 10.2 Å². The van der Waals surface area contributed by atoms with Crippen molar-refractivity contribution < 1.29 is 18.4 Å². The fourth-order valence-corrected chi connectivity index (χ4v) is 2.83. The molecule has 0 aliphatic carbocycles. The minimum atomic E-state index is -0.500. The molecule has 2 amide bonds. The smallest absolute Gasteiger partial charge is 0.258 e. The molecule has 0 heterocycles. The van der Waals surface area contributed by atoms with E-state index in [-0.39, 0.29) is 24.6 Å². The molecule has 0 aliphatic heterocycles. The van der Waals surface area contributed by atoms with E-state index in [0.29, 0.717) is 11.3 Å². The topological polar surface area (TPSA) is 49.4 Å². The number of halogens is 2. The number of hydrogen-bond donors (Lipinski definition) is 1. The molecule has 4 nitrogen and oxygen atoms in total. The average Bonchev–Trinajstić information content (AvgIpc) is 2.72. The van der Waals surface area contributed by atoms with Crippen molar-refractivity contribution in [3.8, 4) is 0 Å². The van der Waals surface area contributed by atoms with E-state index in [9.17, 15) is 18.4 Å². The Labute approximate surface area is 167 Å². The summed E-state index contributed by atoms with van der Waals surface area (Å²) < 4.78 is 26.6. The van der Waals surface area contributed by atoms with Gasteiger partial charge >= 0.3 is 0 Å². The summed E-state index contributed by atoms with van der Waals surface area (Å²) in [4.78, 5) is 26.7. The van der Waals surface area contributed by atoms with Crippen molar-refractivity contribution in [3.63, 3.8) is 0 Å². The van der Waals surface area contributed by atoms with Crippen molar-refractivity contribution in [3.05, 3.63) is 101 Å². The zero-order chi connectivity index (χ0) is 20.8. The van der Waals surface area contributed by atoms with Gasteiger partial charge in [-0.15, -0.1) is 0 Å². The lowest BCUT2D eigenvalue weighted by atomic mass is 10.1. The van der Waals surface area contributed by atoms with Gasteiger partial charge in [0.1, 0.15) is 11.6 Å². The van der Waals surface area contributed by atoms with Gasteiger partial charge in [0, 0.05) is 29.9 Å². The molecule has 0 spiro atoms. The first-order chi connectivity index (χ1) is 13.9. The largest absolute Gasteiger partial charge is 0.350 e. The molecule has 3 rings (SSSR count). The standard InChI is InChI=1S/C23H20F2N2O2/c1-16-5-7-17(8-6-16)23(29)27(21-11-9-19(24)10-12-21)14-13-26-22(28)18-3-2-4-20(25)15-18/h2-12,15H,13-14H2,1H3,(H,26,28). The number of anilines is 1. The predicted octanol–water partition coefficient (Wildman–Crippen LogP) is 4.35. The highest BCUT2D eigenvalue weighted by molar-refractivity contribution is 6.06. The van der Waals surface area contributed by atoms with Crippen LogP contribution in [-0.4, -0.2) is 24.9 Å². The van der Waals surface area contributed by atoms with Crippen LogP contribution in [0.4, 0.5) is 14.5 Å². The molecule has 0 radical (unpaired) electrons. The number of amides is 2. The third kappa shape index (κ3) is 5.25. The number of aryl methyl sites for hydroxylation is 1. The van der Waals surface area contributed by atoms with Crippen molar-refractivity contribution in [2.24, 2.45) is 0 Å². The van der Waals surface area contributed by atoms with Crippen LogP contribution in [0.25, 0.3) is 0 Å². The van der Waals surface area contributed by atoms with Gasteiger partial charge in [0.25, 0.3) is 11.8 Å². The van der Waals surface area contributed by atoms with Crippen LogP contribution in [0.1, 0.15) is 26.3 Å². The van der Waals surface area contributed by atoms with Crippen molar-refractivity contribution >= 4 is 17.5 Å². The van der Waals surface area contributed by atoms with Crippen LogP contribution in [0.15, 0.2) is 72.8 Å². The molecule has 0 saturated carbocycles. The van der Waals surface area contributed by atoms with E-state index < -0.39 is 17.5 Å². The highest BCUT2D eigenvalue weighted by Gasteiger charge is 2.18. The normalized spacial score (nSPS) is 10.4. The van der Waals surface area contributed by atoms with Gasteiger partial charge in [0.05, 0.1) is 0 Å². The van der Waals surface area contributed by atoms with Crippen LogP contribution in [-0.2, 0) is 0 Å². The first-order valence-corrected chi connectivity index (χ1v) is 9.12. The maximum Gasteiger partial charge on any atom is 0.258 e. The first-order valence-electron chi connectivity index (χ1n) is 9.12. The molecule has 0 bridgehead atoms. The van der Waals surface area contributed by atoms with E-state index in [1.807, 2.05) is 19.1 Å². The molecular formula is C23H20F2N2O2. The summed E-state index contributed by atoms with van der Waals surface area (Å²) in [7, 11) is 0. The fourth-order valence-electron chi connectivity index (χ4n) is 2.83. The summed E-state index contributed by atoms with van der Waals surface area (Å²) in [6.45, 7) is 2.23. The Morgan fingerprint density at radius 1 is 0.862 bits per heavy atom. The number of hydrogen-bond acceptors (Lipinski definition) is 2. The lowest BCUT2D eigenvalue weighted by Crippen LogP contribution is -2.38. The Kier molecular flexibility index (Phi) is 6.34. The summed E-state index contributed by atoms with van der Waals surface area (Å²) in [5.41, 5.74) is 2.22. The molecule has 0 unspecified atom stereocenters. The quantitative estimate of drug-likeness (QED) is 0.676. The lowest BCUT2D eigenvalue weighted by Gasteiger charge is -2.23. The van der Waals surface area contributed by atoms with E-state index in [4.69, 9.17) is 0 Å². The van der Waals surface area contributed by atoms with E-state index in [2.05, 4.69) is 5.32 Å². The minimum Gasteiger partial charge on any atom is -0.350 e. The van der Waals surface area contributed by atoms with E-state index >= 15 is 0 Å². The zero-order valence-electron chi connectivity index (χ0n) is 15.9. The molecule has 0 fully saturated rings. The van der Waals surface area contributed by atoms with Crippen molar-refractivity contribution in [1.82, 2.24) is 5.32 Å². The molecule has 1 N–H and O–H groups in total. The SMILES string of the molecule is Cc1ccc(C(=O)N(CCNC(=O)c2cccc(F)c2)c2ccc(F)cc2)cc1. The summed E-state index contributed by atoms with van der Waals surface area (Å²) in [5, 5.41) is 2.68. The van der Waals surface area contributed by atoms with Gasteiger partial charge in [-0.2, -0.15) is 0 Å². The Balaban J connectivity index is 1.74. The Bertz CT molecular complexity index is 1000. The van der Waals surface area contributed by atoms with Crippen LogP contribution in [0.2, 0.25) is 0 Å². The minimum absolute atomic E-state index is 0.143. The molecule has 0 atom stereocenters. The molecule has 6 heteroatoms. The van der Waals surface area contributed by atoms with Gasteiger partial charge in [0.2, 0.25) is 0 Å². The monoisotopic (exact) mass is 394 g/mol. The van der Waals surface area contributed by atoms with Gasteiger partial charge in [0.15, 0.2) is 0 Å². The average molecular weight is 394 g/mol. The Morgan fingerprint density at radius 2 is 1.55 bits per heavy atom. The zero-order valence-corrected chi connectivity index (χ0v) is 15.9. The molecule has 148 valence electrons.